The van der Waals surface area contributed by atoms with E-state index in [1.165, 1.54) is 12.1 Å². The van der Waals surface area contributed by atoms with Gasteiger partial charge in [0.05, 0.1) is 18.7 Å². The minimum absolute atomic E-state index is 0.285. The molecular weight excluding hydrogens is 333 g/mol. The number of methoxy groups -OCH3 is 1. The molecule has 8 heteroatoms. The van der Waals surface area contributed by atoms with Crippen molar-refractivity contribution in [3.05, 3.63) is 65.5 Å². The highest BCUT2D eigenvalue weighted by Crippen LogP contribution is 2.30. The van der Waals surface area contributed by atoms with Crippen LogP contribution in [0.3, 0.4) is 0 Å². The third kappa shape index (κ3) is 3.63. The second-order valence-corrected chi connectivity index (χ2v) is 5.37. The molecule has 25 heavy (non-hydrogen) atoms. The number of ether oxygens (including phenoxy) is 1. The molecule has 1 atom stereocenters. The molecule has 5 nitrogen and oxygen atoms in total. The van der Waals surface area contributed by atoms with Gasteiger partial charge in [-0.1, -0.05) is 24.3 Å². The lowest BCUT2D eigenvalue weighted by Crippen LogP contribution is -2.13. The number of benzene rings is 2. The molecule has 3 N–H and O–H groups in total. The summed E-state index contributed by atoms with van der Waals surface area (Å²) in [6, 6.07) is 11.3. The molecule has 0 unspecified atom stereocenters. The van der Waals surface area contributed by atoms with Gasteiger partial charge >= 0.3 is 6.18 Å². The van der Waals surface area contributed by atoms with Gasteiger partial charge in [0.15, 0.2) is 5.82 Å². The fourth-order valence-corrected chi connectivity index (χ4v) is 2.32. The fourth-order valence-electron chi connectivity index (χ4n) is 2.32. The molecule has 0 aliphatic rings. The molecule has 0 aliphatic carbocycles. The minimum atomic E-state index is -4.38. The van der Waals surface area contributed by atoms with Crippen molar-refractivity contribution in [1.29, 1.82) is 0 Å². The molecular formula is C17H15F3N4O. The van der Waals surface area contributed by atoms with E-state index in [1.807, 2.05) is 12.1 Å². The zero-order chi connectivity index (χ0) is 18.0. The first-order chi connectivity index (χ1) is 11.9. The summed E-state index contributed by atoms with van der Waals surface area (Å²) in [5.74, 6) is 1.41. The van der Waals surface area contributed by atoms with Crippen molar-refractivity contribution < 1.29 is 17.9 Å². The van der Waals surface area contributed by atoms with Crippen molar-refractivity contribution in [2.75, 3.05) is 7.11 Å². The molecule has 0 bridgehead atoms. The molecule has 2 aromatic carbocycles. The molecule has 130 valence electrons. The van der Waals surface area contributed by atoms with E-state index >= 15 is 0 Å². The number of halogens is 3. The average Bonchev–Trinajstić information content (AvgIpc) is 3.10. The molecule has 0 aliphatic heterocycles. The van der Waals surface area contributed by atoms with Crippen LogP contribution >= 0.6 is 0 Å². The fraction of sp³-hybridized carbons (Fsp3) is 0.176. The van der Waals surface area contributed by atoms with Crippen LogP contribution in [-0.4, -0.2) is 22.3 Å². The Hall–Kier alpha value is -2.87. The Kier molecular flexibility index (Phi) is 4.45. The Morgan fingerprint density at radius 2 is 1.68 bits per heavy atom. The maximum atomic E-state index is 12.6. The number of hydrogen-bond donors (Lipinski definition) is 2. The van der Waals surface area contributed by atoms with Gasteiger partial charge in [0, 0.05) is 5.56 Å². The zero-order valence-electron chi connectivity index (χ0n) is 13.2. The van der Waals surface area contributed by atoms with Gasteiger partial charge in [-0.25, -0.2) is 4.98 Å². The van der Waals surface area contributed by atoms with Crippen molar-refractivity contribution in [3.63, 3.8) is 0 Å². The summed E-state index contributed by atoms with van der Waals surface area (Å²) in [5, 5.41) is 6.77. The number of hydrogen-bond acceptors (Lipinski definition) is 4. The first kappa shape index (κ1) is 17.0. The van der Waals surface area contributed by atoms with Crippen LogP contribution in [0.5, 0.6) is 5.75 Å². The number of nitrogens with zero attached hydrogens (tertiary/aromatic N) is 2. The topological polar surface area (TPSA) is 76.8 Å². The van der Waals surface area contributed by atoms with Gasteiger partial charge in [0.1, 0.15) is 11.6 Å². The predicted octanol–water partition coefficient (Wildman–Crippen LogP) is 3.55. The molecule has 0 spiro atoms. The smallest absolute Gasteiger partial charge is 0.416 e. The molecule has 0 saturated carbocycles. The van der Waals surface area contributed by atoms with E-state index in [9.17, 15) is 13.2 Å². The van der Waals surface area contributed by atoms with E-state index < -0.39 is 17.8 Å². The monoisotopic (exact) mass is 348 g/mol. The number of aromatic amines is 1. The van der Waals surface area contributed by atoms with Crippen molar-refractivity contribution >= 4 is 0 Å². The largest absolute Gasteiger partial charge is 0.497 e. The van der Waals surface area contributed by atoms with Crippen molar-refractivity contribution in [1.82, 2.24) is 15.2 Å². The number of aromatic nitrogens is 3. The number of alkyl halides is 3. The Balaban J connectivity index is 1.81. The zero-order valence-corrected chi connectivity index (χ0v) is 13.2. The number of nitrogens with one attached hydrogen (secondary N) is 1. The number of rotatable bonds is 4. The quantitative estimate of drug-likeness (QED) is 0.756. The van der Waals surface area contributed by atoms with Gasteiger partial charge in [-0.2, -0.15) is 18.3 Å². The van der Waals surface area contributed by atoms with Crippen molar-refractivity contribution in [2.24, 2.45) is 5.73 Å². The first-order valence-corrected chi connectivity index (χ1v) is 7.38. The van der Waals surface area contributed by atoms with Crippen LogP contribution in [-0.2, 0) is 6.18 Å². The summed E-state index contributed by atoms with van der Waals surface area (Å²) < 4.78 is 42.9. The molecule has 3 rings (SSSR count). The van der Waals surface area contributed by atoms with E-state index in [2.05, 4.69) is 15.2 Å². The summed E-state index contributed by atoms with van der Waals surface area (Å²) in [7, 11) is 1.57. The Labute approximate surface area is 141 Å². The molecule has 0 radical (unpaired) electrons. The van der Waals surface area contributed by atoms with E-state index in [0.717, 1.165) is 17.7 Å². The summed E-state index contributed by atoms with van der Waals surface area (Å²) in [4.78, 5) is 4.29. The van der Waals surface area contributed by atoms with E-state index in [4.69, 9.17) is 10.5 Å². The van der Waals surface area contributed by atoms with Gasteiger partial charge < -0.3 is 10.5 Å². The first-order valence-electron chi connectivity index (χ1n) is 7.38. The molecule has 1 heterocycles. The normalized spacial score (nSPS) is 12.8. The summed E-state index contributed by atoms with van der Waals surface area (Å²) in [6.45, 7) is 0. The SMILES string of the molecule is COc1ccc([C@H](N)c2nc(-c3ccc(C(F)(F)F)cc3)n[nH]2)cc1. The van der Waals surface area contributed by atoms with Gasteiger partial charge in [-0.3, -0.25) is 5.10 Å². The Morgan fingerprint density at radius 1 is 1.04 bits per heavy atom. The summed E-state index contributed by atoms with van der Waals surface area (Å²) in [6.07, 6.45) is -4.38. The van der Waals surface area contributed by atoms with Gasteiger partial charge in [-0.15, -0.1) is 0 Å². The predicted molar refractivity (Wildman–Crippen MR) is 85.8 cm³/mol. The van der Waals surface area contributed by atoms with E-state index in [1.54, 1.807) is 19.2 Å². The van der Waals surface area contributed by atoms with Crippen LogP contribution in [0.25, 0.3) is 11.4 Å². The maximum Gasteiger partial charge on any atom is 0.416 e. The molecule has 0 amide bonds. The van der Waals surface area contributed by atoms with Gasteiger partial charge in [0.25, 0.3) is 0 Å². The van der Waals surface area contributed by atoms with Gasteiger partial charge in [-0.05, 0) is 29.8 Å². The molecule has 1 aromatic heterocycles. The number of nitrogens with two attached hydrogens (primary N) is 1. The Morgan fingerprint density at radius 3 is 2.24 bits per heavy atom. The average molecular weight is 348 g/mol. The second kappa shape index (κ2) is 6.56. The van der Waals surface area contributed by atoms with Crippen molar-refractivity contribution in [2.45, 2.75) is 12.2 Å². The highest BCUT2D eigenvalue weighted by Gasteiger charge is 2.30. The minimum Gasteiger partial charge on any atom is -0.497 e. The molecule has 0 saturated heterocycles. The van der Waals surface area contributed by atoms with Crippen LogP contribution < -0.4 is 10.5 Å². The standard InChI is InChI=1S/C17H15F3N4O/c1-25-13-8-4-10(5-9-13)14(21)16-22-15(23-24-16)11-2-6-12(7-3-11)17(18,19)20/h2-9,14H,21H2,1H3,(H,22,23,24)/t14-/m0/s1. The van der Waals surface area contributed by atoms with Crippen molar-refractivity contribution in [3.8, 4) is 17.1 Å². The number of H-pyrrole nitrogens is 1. The van der Waals surface area contributed by atoms with Crippen LogP contribution in [0.1, 0.15) is 23.0 Å². The third-order valence-corrected chi connectivity index (χ3v) is 3.74. The molecule has 3 aromatic rings. The van der Waals surface area contributed by atoms with Crippen LogP contribution in [0, 0.1) is 0 Å². The lowest BCUT2D eigenvalue weighted by molar-refractivity contribution is -0.137. The Bertz CT molecular complexity index is 842. The molecule has 0 fully saturated rings. The van der Waals surface area contributed by atoms with Crippen LogP contribution in [0.15, 0.2) is 48.5 Å². The lowest BCUT2D eigenvalue weighted by Gasteiger charge is -2.09. The van der Waals surface area contributed by atoms with E-state index in [-0.39, 0.29) is 5.82 Å². The second-order valence-electron chi connectivity index (χ2n) is 5.37. The highest BCUT2D eigenvalue weighted by molar-refractivity contribution is 5.55. The third-order valence-electron chi connectivity index (χ3n) is 3.74. The van der Waals surface area contributed by atoms with Crippen LogP contribution in [0.2, 0.25) is 0 Å². The summed E-state index contributed by atoms with van der Waals surface area (Å²) in [5.41, 5.74) is 6.71. The maximum absolute atomic E-state index is 12.6. The summed E-state index contributed by atoms with van der Waals surface area (Å²) >= 11 is 0. The van der Waals surface area contributed by atoms with Crippen LogP contribution in [0.4, 0.5) is 13.2 Å². The highest BCUT2D eigenvalue weighted by atomic mass is 19.4. The van der Waals surface area contributed by atoms with Gasteiger partial charge in [0.2, 0.25) is 0 Å². The lowest BCUT2D eigenvalue weighted by atomic mass is 10.1. The van der Waals surface area contributed by atoms with E-state index in [0.29, 0.717) is 17.1 Å².